The molecule has 1 saturated carbocycles. The Kier molecular flexibility index (Phi) is 3.68. The van der Waals surface area contributed by atoms with Gasteiger partial charge in [0.25, 0.3) is 5.91 Å². The first-order valence-corrected chi connectivity index (χ1v) is 7.21. The van der Waals surface area contributed by atoms with E-state index in [9.17, 15) is 9.18 Å². The highest BCUT2D eigenvalue weighted by molar-refractivity contribution is 6.07. The molecule has 1 amide bonds. The van der Waals surface area contributed by atoms with Crippen LogP contribution in [-0.2, 0) is 0 Å². The molecule has 0 bridgehead atoms. The molecule has 2 aromatic rings. The van der Waals surface area contributed by atoms with Gasteiger partial charge in [0.15, 0.2) is 0 Å². The van der Waals surface area contributed by atoms with Gasteiger partial charge in [-0.1, -0.05) is 37.1 Å². The number of amides is 1. The van der Waals surface area contributed by atoms with Crippen LogP contribution in [0.3, 0.4) is 0 Å². The molecule has 0 saturated heterocycles. The number of benzene rings is 2. The van der Waals surface area contributed by atoms with Gasteiger partial charge in [-0.25, -0.2) is 4.39 Å². The second kappa shape index (κ2) is 5.61. The number of rotatable bonds is 3. The summed E-state index contributed by atoms with van der Waals surface area (Å²) >= 11 is 0. The first-order valence-electron chi connectivity index (χ1n) is 7.21. The summed E-state index contributed by atoms with van der Waals surface area (Å²) in [5.41, 5.74) is 0.556. The summed E-state index contributed by atoms with van der Waals surface area (Å²) in [6.45, 7) is 0.727. The van der Waals surface area contributed by atoms with E-state index < -0.39 is 0 Å². The number of carbonyl (C=O) groups excluding carboxylic acids is 1. The van der Waals surface area contributed by atoms with Crippen molar-refractivity contribution in [2.24, 2.45) is 5.92 Å². The summed E-state index contributed by atoms with van der Waals surface area (Å²) in [6.07, 6.45) is 4.93. The maximum Gasteiger partial charge on any atom is 0.251 e. The number of halogens is 1. The summed E-state index contributed by atoms with van der Waals surface area (Å²) in [6, 6.07) is 10.1. The Morgan fingerprint density at radius 3 is 2.55 bits per heavy atom. The molecular formula is C17H18FNO. The molecule has 1 aliphatic carbocycles. The quantitative estimate of drug-likeness (QED) is 0.901. The smallest absolute Gasteiger partial charge is 0.251 e. The highest BCUT2D eigenvalue weighted by atomic mass is 19.1. The topological polar surface area (TPSA) is 29.1 Å². The first kappa shape index (κ1) is 13.1. The van der Waals surface area contributed by atoms with Gasteiger partial charge in [0.05, 0.1) is 0 Å². The molecule has 0 atom stereocenters. The lowest BCUT2D eigenvalue weighted by molar-refractivity contribution is 0.0949. The van der Waals surface area contributed by atoms with Crippen LogP contribution in [0.5, 0.6) is 0 Å². The summed E-state index contributed by atoms with van der Waals surface area (Å²) in [5, 5.41) is 4.17. The van der Waals surface area contributed by atoms with Crippen molar-refractivity contribution in [2.45, 2.75) is 25.7 Å². The maximum absolute atomic E-state index is 13.7. The van der Waals surface area contributed by atoms with Crippen molar-refractivity contribution in [3.8, 4) is 0 Å². The van der Waals surface area contributed by atoms with Crippen LogP contribution in [0.2, 0.25) is 0 Å². The minimum absolute atomic E-state index is 0.104. The zero-order valence-electron chi connectivity index (χ0n) is 11.4. The molecule has 3 rings (SSSR count). The van der Waals surface area contributed by atoms with Crippen LogP contribution >= 0.6 is 0 Å². The Labute approximate surface area is 118 Å². The first-order chi connectivity index (χ1) is 9.75. The lowest BCUT2D eigenvalue weighted by Crippen LogP contribution is -2.28. The van der Waals surface area contributed by atoms with Crippen molar-refractivity contribution in [2.75, 3.05) is 6.54 Å². The molecule has 0 aliphatic heterocycles. The third kappa shape index (κ3) is 2.53. The predicted molar refractivity (Wildman–Crippen MR) is 78.2 cm³/mol. The van der Waals surface area contributed by atoms with Crippen molar-refractivity contribution >= 4 is 16.7 Å². The fourth-order valence-electron chi connectivity index (χ4n) is 3.01. The van der Waals surface area contributed by atoms with E-state index in [4.69, 9.17) is 0 Å². The zero-order chi connectivity index (χ0) is 13.9. The van der Waals surface area contributed by atoms with E-state index >= 15 is 0 Å². The van der Waals surface area contributed by atoms with Gasteiger partial charge >= 0.3 is 0 Å². The number of hydrogen-bond acceptors (Lipinski definition) is 1. The number of carbonyl (C=O) groups is 1. The second-order valence-electron chi connectivity index (χ2n) is 5.50. The number of fused-ring (bicyclic) bond motifs is 1. The van der Waals surface area contributed by atoms with E-state index in [1.807, 2.05) is 6.07 Å². The fourth-order valence-corrected chi connectivity index (χ4v) is 3.01. The molecule has 0 radical (unpaired) electrons. The largest absolute Gasteiger partial charge is 0.352 e. The third-order valence-electron chi connectivity index (χ3n) is 4.14. The molecule has 0 spiro atoms. The second-order valence-corrected chi connectivity index (χ2v) is 5.50. The molecule has 1 aliphatic rings. The van der Waals surface area contributed by atoms with Crippen LogP contribution in [0, 0.1) is 11.7 Å². The van der Waals surface area contributed by atoms with Crippen LogP contribution in [0.15, 0.2) is 36.4 Å². The molecule has 104 valence electrons. The molecule has 0 unspecified atom stereocenters. The van der Waals surface area contributed by atoms with Gasteiger partial charge in [-0.15, -0.1) is 0 Å². The van der Waals surface area contributed by atoms with Crippen LogP contribution in [0.1, 0.15) is 36.0 Å². The summed E-state index contributed by atoms with van der Waals surface area (Å²) in [4.78, 5) is 12.3. The highest BCUT2D eigenvalue weighted by Crippen LogP contribution is 2.25. The van der Waals surface area contributed by atoms with E-state index in [1.54, 1.807) is 24.3 Å². The van der Waals surface area contributed by atoms with Crippen molar-refractivity contribution < 1.29 is 9.18 Å². The molecule has 0 aromatic heterocycles. The van der Waals surface area contributed by atoms with Crippen molar-refractivity contribution in [1.82, 2.24) is 5.32 Å². The molecule has 1 fully saturated rings. The highest BCUT2D eigenvalue weighted by Gasteiger charge is 2.17. The lowest BCUT2D eigenvalue weighted by Gasteiger charge is -2.12. The molecule has 0 heterocycles. The van der Waals surface area contributed by atoms with Gasteiger partial charge in [0.2, 0.25) is 0 Å². The molecule has 1 N–H and O–H groups in total. The monoisotopic (exact) mass is 271 g/mol. The molecule has 2 nitrogen and oxygen atoms in total. The zero-order valence-corrected chi connectivity index (χ0v) is 11.4. The average molecular weight is 271 g/mol. The van der Waals surface area contributed by atoms with E-state index in [2.05, 4.69) is 5.32 Å². The SMILES string of the molecule is O=C(NCC1CCCC1)c1ccc(F)c2ccccc12. The fraction of sp³-hybridized carbons (Fsp3) is 0.353. The number of nitrogens with one attached hydrogen (secondary N) is 1. The predicted octanol–water partition coefficient (Wildman–Crippen LogP) is 3.90. The van der Waals surface area contributed by atoms with Crippen molar-refractivity contribution in [3.05, 3.63) is 47.8 Å². The Morgan fingerprint density at radius 1 is 1.10 bits per heavy atom. The summed E-state index contributed by atoms with van der Waals surface area (Å²) < 4.78 is 13.7. The minimum atomic E-state index is -0.284. The van der Waals surface area contributed by atoms with Gasteiger partial charge in [-0.3, -0.25) is 4.79 Å². The third-order valence-corrected chi connectivity index (χ3v) is 4.14. The Bertz CT molecular complexity index is 632. The van der Waals surface area contributed by atoms with E-state index in [0.717, 1.165) is 6.54 Å². The van der Waals surface area contributed by atoms with Crippen LogP contribution in [0.4, 0.5) is 4.39 Å². The van der Waals surface area contributed by atoms with Crippen molar-refractivity contribution in [3.63, 3.8) is 0 Å². The van der Waals surface area contributed by atoms with Gasteiger partial charge in [0, 0.05) is 17.5 Å². The van der Waals surface area contributed by atoms with E-state index in [0.29, 0.717) is 22.3 Å². The van der Waals surface area contributed by atoms with Crippen LogP contribution in [0.25, 0.3) is 10.8 Å². The lowest BCUT2D eigenvalue weighted by atomic mass is 10.0. The summed E-state index contributed by atoms with van der Waals surface area (Å²) in [7, 11) is 0. The van der Waals surface area contributed by atoms with E-state index in [1.165, 1.54) is 31.7 Å². The van der Waals surface area contributed by atoms with Crippen LogP contribution in [-0.4, -0.2) is 12.5 Å². The van der Waals surface area contributed by atoms with Gasteiger partial charge < -0.3 is 5.32 Å². The molecule has 20 heavy (non-hydrogen) atoms. The van der Waals surface area contributed by atoms with Gasteiger partial charge in [-0.2, -0.15) is 0 Å². The molecular weight excluding hydrogens is 253 g/mol. The standard InChI is InChI=1S/C17H18FNO/c18-16-10-9-15(13-7-3-4-8-14(13)16)17(20)19-11-12-5-1-2-6-12/h3-4,7-10,12H,1-2,5-6,11H2,(H,19,20). The Balaban J connectivity index is 1.82. The molecule has 3 heteroatoms. The molecule has 2 aromatic carbocycles. The van der Waals surface area contributed by atoms with Gasteiger partial charge in [-0.05, 0) is 36.3 Å². The van der Waals surface area contributed by atoms with Gasteiger partial charge in [0.1, 0.15) is 5.82 Å². The van der Waals surface area contributed by atoms with Crippen LogP contribution < -0.4 is 5.32 Å². The normalized spacial score (nSPS) is 15.7. The maximum atomic E-state index is 13.7. The van der Waals surface area contributed by atoms with E-state index in [-0.39, 0.29) is 11.7 Å². The minimum Gasteiger partial charge on any atom is -0.352 e. The number of hydrogen-bond donors (Lipinski definition) is 1. The Hall–Kier alpha value is -1.90. The Morgan fingerprint density at radius 2 is 1.80 bits per heavy atom. The average Bonchev–Trinajstić information content (AvgIpc) is 2.99. The van der Waals surface area contributed by atoms with Crippen molar-refractivity contribution in [1.29, 1.82) is 0 Å². The summed E-state index contributed by atoms with van der Waals surface area (Å²) in [5.74, 6) is 0.215.